The Labute approximate surface area is 111 Å². The van der Waals surface area contributed by atoms with Crippen LogP contribution in [0.5, 0.6) is 0 Å². The number of aromatic nitrogens is 1. The number of anilines is 1. The highest BCUT2D eigenvalue weighted by molar-refractivity contribution is 5.72. The van der Waals surface area contributed by atoms with Crippen molar-refractivity contribution in [3.05, 3.63) is 27.9 Å². The second kappa shape index (κ2) is 6.12. The molecule has 0 aromatic carbocycles. The maximum absolute atomic E-state index is 11.3. The summed E-state index contributed by atoms with van der Waals surface area (Å²) in [5.41, 5.74) is 0.643. The van der Waals surface area contributed by atoms with Gasteiger partial charge in [-0.2, -0.15) is 0 Å². The van der Waals surface area contributed by atoms with Gasteiger partial charge >= 0.3 is 5.97 Å². The largest absolute Gasteiger partial charge is 0.469 e. The summed E-state index contributed by atoms with van der Waals surface area (Å²) < 4.78 is 4.65. The molecule has 104 valence electrons. The van der Waals surface area contributed by atoms with Crippen molar-refractivity contribution < 1.29 is 14.5 Å². The molecule has 0 bridgehead atoms. The van der Waals surface area contributed by atoms with Crippen LogP contribution >= 0.6 is 0 Å². The minimum atomic E-state index is -0.485. The van der Waals surface area contributed by atoms with Crippen molar-refractivity contribution in [2.24, 2.45) is 5.92 Å². The first-order chi connectivity index (χ1) is 8.86. The number of hydrogen-bond donors (Lipinski definition) is 0. The summed E-state index contributed by atoms with van der Waals surface area (Å²) in [6.45, 7) is 3.93. The molecule has 7 heteroatoms. The van der Waals surface area contributed by atoms with Crippen LogP contribution in [-0.2, 0) is 9.53 Å². The lowest BCUT2D eigenvalue weighted by atomic mass is 10.1. The third kappa shape index (κ3) is 3.64. The van der Waals surface area contributed by atoms with E-state index in [-0.39, 0.29) is 17.6 Å². The van der Waals surface area contributed by atoms with Gasteiger partial charge in [-0.3, -0.25) is 14.9 Å². The highest BCUT2D eigenvalue weighted by Crippen LogP contribution is 2.21. The molecule has 0 saturated carbocycles. The molecule has 7 nitrogen and oxygen atoms in total. The molecule has 19 heavy (non-hydrogen) atoms. The Bertz CT molecular complexity index is 490. The lowest BCUT2D eigenvalue weighted by Crippen LogP contribution is -2.30. The fourth-order valence-corrected chi connectivity index (χ4v) is 1.83. The van der Waals surface area contributed by atoms with E-state index in [1.54, 1.807) is 25.8 Å². The first-order valence-electron chi connectivity index (χ1n) is 5.76. The fraction of sp³-hybridized carbons (Fsp3) is 0.500. The maximum Gasteiger partial charge on any atom is 0.310 e. The van der Waals surface area contributed by atoms with E-state index in [4.69, 9.17) is 0 Å². The van der Waals surface area contributed by atoms with Crippen molar-refractivity contribution in [3.63, 3.8) is 0 Å². The normalized spacial score (nSPS) is 11.8. The second-order valence-corrected chi connectivity index (χ2v) is 4.40. The van der Waals surface area contributed by atoms with Crippen LogP contribution in [0.3, 0.4) is 0 Å². The van der Waals surface area contributed by atoms with Crippen LogP contribution in [0.4, 0.5) is 11.5 Å². The van der Waals surface area contributed by atoms with Crippen molar-refractivity contribution in [1.29, 1.82) is 0 Å². The van der Waals surface area contributed by atoms with Crippen LogP contribution in [0.1, 0.15) is 12.5 Å². The molecular formula is C12H17N3O4. The van der Waals surface area contributed by atoms with E-state index < -0.39 is 4.92 Å². The molecule has 0 fully saturated rings. The van der Waals surface area contributed by atoms with Crippen LogP contribution in [-0.4, -0.2) is 36.6 Å². The van der Waals surface area contributed by atoms with Crippen molar-refractivity contribution in [2.75, 3.05) is 25.6 Å². The number of carbonyl (C=O) groups excluding carboxylic acids is 1. The number of aryl methyl sites for hydroxylation is 1. The quantitative estimate of drug-likeness (QED) is 0.457. The Balaban J connectivity index is 2.85. The Morgan fingerprint density at radius 1 is 1.63 bits per heavy atom. The lowest BCUT2D eigenvalue weighted by Gasteiger charge is -2.22. The van der Waals surface area contributed by atoms with Gasteiger partial charge < -0.3 is 9.64 Å². The monoisotopic (exact) mass is 267 g/mol. The zero-order valence-electron chi connectivity index (χ0n) is 11.4. The van der Waals surface area contributed by atoms with Crippen molar-refractivity contribution in [3.8, 4) is 0 Å². The Morgan fingerprint density at radius 2 is 2.26 bits per heavy atom. The summed E-state index contributed by atoms with van der Waals surface area (Å²) in [5.74, 6) is 0.0131. The van der Waals surface area contributed by atoms with Crippen LogP contribution in [0.15, 0.2) is 12.3 Å². The van der Waals surface area contributed by atoms with Crippen LogP contribution in [0, 0.1) is 23.0 Å². The van der Waals surface area contributed by atoms with Crippen LogP contribution < -0.4 is 4.90 Å². The molecule has 0 spiro atoms. The van der Waals surface area contributed by atoms with Gasteiger partial charge in [0.25, 0.3) is 5.69 Å². The minimum Gasteiger partial charge on any atom is -0.469 e. The van der Waals surface area contributed by atoms with Gasteiger partial charge in [0, 0.05) is 19.7 Å². The van der Waals surface area contributed by atoms with E-state index >= 15 is 0 Å². The summed E-state index contributed by atoms with van der Waals surface area (Å²) in [4.78, 5) is 27.3. The third-order valence-electron chi connectivity index (χ3n) is 2.76. The smallest absolute Gasteiger partial charge is 0.310 e. The number of nitrogens with zero attached hydrogens (tertiary/aromatic N) is 3. The predicted octanol–water partition coefficient (Wildman–Crippen LogP) is 1.54. The number of nitro groups is 1. The second-order valence-electron chi connectivity index (χ2n) is 4.40. The molecule has 1 aromatic rings. The molecular weight excluding hydrogens is 250 g/mol. The van der Waals surface area contributed by atoms with Gasteiger partial charge in [0.05, 0.1) is 18.0 Å². The van der Waals surface area contributed by atoms with E-state index in [0.717, 1.165) is 0 Å². The number of methoxy groups -OCH3 is 1. The summed E-state index contributed by atoms with van der Waals surface area (Å²) in [7, 11) is 3.12. The van der Waals surface area contributed by atoms with Gasteiger partial charge in [0.15, 0.2) is 0 Å². The molecule has 0 saturated heterocycles. The molecule has 0 aliphatic heterocycles. The molecule has 1 heterocycles. The summed E-state index contributed by atoms with van der Waals surface area (Å²) in [6, 6.07) is 1.46. The topological polar surface area (TPSA) is 85.6 Å². The Kier molecular flexibility index (Phi) is 4.80. The number of esters is 1. The lowest BCUT2D eigenvalue weighted by molar-refractivity contribution is -0.385. The van der Waals surface area contributed by atoms with E-state index in [2.05, 4.69) is 9.72 Å². The van der Waals surface area contributed by atoms with Gasteiger partial charge in [-0.1, -0.05) is 6.92 Å². The molecule has 1 atom stereocenters. The summed E-state index contributed by atoms with van der Waals surface area (Å²) in [6.07, 6.45) is 1.21. The third-order valence-corrected chi connectivity index (χ3v) is 2.76. The summed E-state index contributed by atoms with van der Waals surface area (Å²) in [5, 5.41) is 10.6. The SMILES string of the molecule is COC(=O)C(C)CN(C)c1ncc([N+](=O)[O-])cc1C. The number of ether oxygens (including phenoxy) is 1. The minimum absolute atomic E-state index is 0.0457. The fourth-order valence-electron chi connectivity index (χ4n) is 1.83. The van der Waals surface area contributed by atoms with E-state index in [1.165, 1.54) is 19.4 Å². The molecule has 0 aliphatic rings. The van der Waals surface area contributed by atoms with Gasteiger partial charge in [0.1, 0.15) is 12.0 Å². The van der Waals surface area contributed by atoms with Gasteiger partial charge in [-0.25, -0.2) is 4.98 Å². The highest BCUT2D eigenvalue weighted by atomic mass is 16.6. The van der Waals surface area contributed by atoms with E-state index in [9.17, 15) is 14.9 Å². The molecule has 0 N–H and O–H groups in total. The molecule has 0 aliphatic carbocycles. The molecule has 1 unspecified atom stereocenters. The molecule has 1 aromatic heterocycles. The molecule has 1 rings (SSSR count). The van der Waals surface area contributed by atoms with Gasteiger partial charge in [-0.15, -0.1) is 0 Å². The highest BCUT2D eigenvalue weighted by Gasteiger charge is 2.18. The van der Waals surface area contributed by atoms with Gasteiger partial charge in [-0.05, 0) is 12.5 Å². The Morgan fingerprint density at radius 3 is 2.74 bits per heavy atom. The maximum atomic E-state index is 11.3. The molecule has 0 radical (unpaired) electrons. The van der Waals surface area contributed by atoms with Crippen LogP contribution in [0.25, 0.3) is 0 Å². The van der Waals surface area contributed by atoms with Gasteiger partial charge in [0.2, 0.25) is 0 Å². The standard InChI is InChI=1S/C12H17N3O4/c1-8-5-10(15(17)18)6-13-11(8)14(3)7-9(2)12(16)19-4/h5-6,9H,7H2,1-4H3. The van der Waals surface area contributed by atoms with Crippen LogP contribution in [0.2, 0.25) is 0 Å². The average Bonchev–Trinajstić information content (AvgIpc) is 2.37. The number of carbonyl (C=O) groups is 1. The van der Waals surface area contributed by atoms with E-state index in [1.807, 2.05) is 0 Å². The zero-order valence-corrected chi connectivity index (χ0v) is 11.4. The zero-order chi connectivity index (χ0) is 14.6. The first kappa shape index (κ1) is 14.9. The molecule has 0 amide bonds. The van der Waals surface area contributed by atoms with E-state index in [0.29, 0.717) is 17.9 Å². The Hall–Kier alpha value is -2.18. The van der Waals surface area contributed by atoms with Crippen molar-refractivity contribution in [2.45, 2.75) is 13.8 Å². The summed E-state index contributed by atoms with van der Waals surface area (Å²) >= 11 is 0. The number of pyridine rings is 1. The number of hydrogen-bond acceptors (Lipinski definition) is 6. The van der Waals surface area contributed by atoms with Crippen molar-refractivity contribution >= 4 is 17.5 Å². The first-order valence-corrected chi connectivity index (χ1v) is 5.76. The average molecular weight is 267 g/mol. The van der Waals surface area contributed by atoms with Crippen molar-refractivity contribution in [1.82, 2.24) is 4.98 Å². The predicted molar refractivity (Wildman–Crippen MR) is 70.1 cm³/mol. The number of rotatable bonds is 5.